The molecular formula is C14H16O5. The van der Waals surface area contributed by atoms with Crippen LogP contribution in [0.25, 0.3) is 0 Å². The molecule has 0 aliphatic carbocycles. The monoisotopic (exact) mass is 264 g/mol. The molecule has 2 aliphatic heterocycles. The molecule has 19 heavy (non-hydrogen) atoms. The van der Waals surface area contributed by atoms with E-state index >= 15 is 0 Å². The van der Waals surface area contributed by atoms with Gasteiger partial charge in [-0.3, -0.25) is 0 Å². The highest BCUT2D eigenvalue weighted by Gasteiger charge is 2.35. The molecule has 0 fully saturated rings. The van der Waals surface area contributed by atoms with Gasteiger partial charge >= 0.3 is 5.97 Å². The number of benzene rings is 1. The highest BCUT2D eigenvalue weighted by molar-refractivity contribution is 5.79. The number of hydrogen-bond acceptors (Lipinski definition) is 5. The molecule has 0 bridgehead atoms. The van der Waals surface area contributed by atoms with E-state index in [2.05, 4.69) is 4.74 Å². The van der Waals surface area contributed by atoms with Gasteiger partial charge in [0.25, 0.3) is 0 Å². The van der Waals surface area contributed by atoms with Crippen LogP contribution in [0.15, 0.2) is 0 Å². The lowest BCUT2D eigenvalue weighted by atomic mass is 9.92. The largest absolute Gasteiger partial charge is 0.493 e. The second-order valence-electron chi connectivity index (χ2n) is 4.78. The number of carbonyl (C=O) groups is 1. The van der Waals surface area contributed by atoms with Crippen molar-refractivity contribution >= 4 is 5.97 Å². The summed E-state index contributed by atoms with van der Waals surface area (Å²) in [5.41, 5.74) is 3.48. The molecule has 1 aromatic rings. The van der Waals surface area contributed by atoms with Crippen molar-refractivity contribution in [1.82, 2.24) is 0 Å². The summed E-state index contributed by atoms with van der Waals surface area (Å²) in [7, 11) is 1.26. The lowest BCUT2D eigenvalue weighted by Crippen LogP contribution is -2.16. The van der Waals surface area contributed by atoms with Gasteiger partial charge in [-0.05, 0) is 12.5 Å². The van der Waals surface area contributed by atoms with Crippen molar-refractivity contribution in [3.05, 3.63) is 22.3 Å². The van der Waals surface area contributed by atoms with Crippen LogP contribution in [0.3, 0.4) is 0 Å². The molecular weight excluding hydrogens is 248 g/mol. The van der Waals surface area contributed by atoms with Crippen molar-refractivity contribution in [3.8, 4) is 11.5 Å². The van der Waals surface area contributed by atoms with E-state index in [0.29, 0.717) is 30.9 Å². The van der Waals surface area contributed by atoms with Gasteiger partial charge in [-0.15, -0.1) is 0 Å². The van der Waals surface area contributed by atoms with Crippen LogP contribution >= 0.6 is 0 Å². The molecule has 1 N–H and O–H groups in total. The van der Waals surface area contributed by atoms with Crippen LogP contribution in [0, 0.1) is 6.92 Å². The van der Waals surface area contributed by atoms with Crippen LogP contribution in [-0.2, 0) is 22.4 Å². The minimum atomic E-state index is -1.31. The molecule has 3 rings (SSSR count). The van der Waals surface area contributed by atoms with E-state index in [1.54, 1.807) is 0 Å². The first kappa shape index (κ1) is 12.3. The lowest BCUT2D eigenvalue weighted by Gasteiger charge is -2.18. The number of fused-ring (bicyclic) bond motifs is 2. The van der Waals surface area contributed by atoms with Crippen molar-refractivity contribution < 1.29 is 24.1 Å². The van der Waals surface area contributed by atoms with E-state index in [9.17, 15) is 9.90 Å². The van der Waals surface area contributed by atoms with Gasteiger partial charge < -0.3 is 19.3 Å². The Morgan fingerprint density at radius 3 is 2.53 bits per heavy atom. The Morgan fingerprint density at radius 2 is 1.84 bits per heavy atom. The molecule has 0 saturated heterocycles. The predicted molar refractivity (Wildman–Crippen MR) is 66.6 cm³/mol. The number of aliphatic hydroxyl groups excluding tert-OH is 1. The van der Waals surface area contributed by atoms with Gasteiger partial charge in [-0.2, -0.15) is 0 Å². The van der Waals surface area contributed by atoms with E-state index in [1.807, 2.05) is 6.92 Å². The van der Waals surface area contributed by atoms with Crippen LogP contribution < -0.4 is 9.47 Å². The van der Waals surface area contributed by atoms with E-state index in [1.165, 1.54) is 7.11 Å². The normalized spacial score (nSPS) is 17.2. The third-order valence-corrected chi connectivity index (χ3v) is 3.81. The van der Waals surface area contributed by atoms with Crippen LogP contribution in [-0.4, -0.2) is 31.4 Å². The smallest absolute Gasteiger partial charge is 0.339 e. The second-order valence-corrected chi connectivity index (χ2v) is 4.78. The molecule has 0 amide bonds. The zero-order valence-corrected chi connectivity index (χ0v) is 11.0. The Balaban J connectivity index is 2.21. The minimum absolute atomic E-state index is 0.525. The zero-order chi connectivity index (χ0) is 13.6. The maximum absolute atomic E-state index is 11.6. The lowest BCUT2D eigenvalue weighted by molar-refractivity contribution is -0.150. The third-order valence-electron chi connectivity index (χ3n) is 3.81. The molecule has 0 radical (unpaired) electrons. The fourth-order valence-electron chi connectivity index (χ4n) is 2.89. The number of aliphatic hydroxyl groups is 1. The Morgan fingerprint density at radius 1 is 1.21 bits per heavy atom. The Hall–Kier alpha value is -1.75. The number of carbonyl (C=O) groups excluding carboxylic acids is 1. The van der Waals surface area contributed by atoms with E-state index in [0.717, 1.165) is 28.9 Å². The van der Waals surface area contributed by atoms with Crippen molar-refractivity contribution in [1.29, 1.82) is 0 Å². The molecule has 1 aromatic carbocycles. The molecule has 102 valence electrons. The summed E-state index contributed by atoms with van der Waals surface area (Å²) in [5.74, 6) is 0.762. The van der Waals surface area contributed by atoms with Crippen LogP contribution in [0.5, 0.6) is 11.5 Å². The molecule has 0 saturated carbocycles. The Labute approximate surface area is 111 Å². The van der Waals surface area contributed by atoms with E-state index in [4.69, 9.17) is 9.47 Å². The SMILES string of the molecule is COC(=O)C(O)c1c2c(c(C)c3c1OCC3)OCC2. The Bertz CT molecular complexity index is 514. The summed E-state index contributed by atoms with van der Waals surface area (Å²) in [6, 6.07) is 0. The molecule has 0 aromatic heterocycles. The predicted octanol–water partition coefficient (Wildman–Crippen LogP) is 1.07. The molecule has 1 atom stereocenters. The van der Waals surface area contributed by atoms with Gasteiger partial charge in [0.05, 0.1) is 20.3 Å². The number of esters is 1. The van der Waals surface area contributed by atoms with E-state index in [-0.39, 0.29) is 0 Å². The quantitative estimate of drug-likeness (QED) is 0.809. The standard InChI is InChI=1S/C14H16O5/c1-7-8-3-5-19-13(8)10(11(15)14(16)17-2)9-4-6-18-12(7)9/h11,15H,3-6H2,1-2H3. The van der Waals surface area contributed by atoms with Crippen LogP contribution in [0.1, 0.15) is 28.4 Å². The number of methoxy groups -OCH3 is 1. The summed E-state index contributed by atoms with van der Waals surface area (Å²) in [4.78, 5) is 11.6. The number of hydrogen-bond donors (Lipinski definition) is 1. The summed E-state index contributed by atoms with van der Waals surface area (Å²) in [5, 5.41) is 10.2. The summed E-state index contributed by atoms with van der Waals surface area (Å²) >= 11 is 0. The van der Waals surface area contributed by atoms with Gasteiger partial charge in [-0.25, -0.2) is 4.79 Å². The van der Waals surface area contributed by atoms with Gasteiger partial charge in [0, 0.05) is 29.5 Å². The van der Waals surface area contributed by atoms with Crippen LogP contribution in [0.4, 0.5) is 0 Å². The molecule has 2 aliphatic rings. The summed E-state index contributed by atoms with van der Waals surface area (Å²) < 4.78 is 15.9. The minimum Gasteiger partial charge on any atom is -0.493 e. The zero-order valence-electron chi connectivity index (χ0n) is 11.0. The van der Waals surface area contributed by atoms with Gasteiger partial charge in [0.15, 0.2) is 6.10 Å². The first-order valence-electron chi connectivity index (χ1n) is 6.34. The average molecular weight is 264 g/mol. The molecule has 1 unspecified atom stereocenters. The first-order chi connectivity index (χ1) is 9.15. The third kappa shape index (κ3) is 1.69. The number of rotatable bonds is 2. The van der Waals surface area contributed by atoms with Crippen LogP contribution in [0.2, 0.25) is 0 Å². The first-order valence-corrected chi connectivity index (χ1v) is 6.34. The highest BCUT2D eigenvalue weighted by Crippen LogP contribution is 2.46. The highest BCUT2D eigenvalue weighted by atomic mass is 16.5. The fraction of sp³-hybridized carbons (Fsp3) is 0.500. The average Bonchev–Trinajstić information content (AvgIpc) is 3.06. The van der Waals surface area contributed by atoms with Gasteiger partial charge in [-0.1, -0.05) is 0 Å². The molecule has 5 heteroatoms. The number of ether oxygens (including phenoxy) is 3. The maximum Gasteiger partial charge on any atom is 0.339 e. The Kier molecular flexibility index (Phi) is 2.86. The maximum atomic E-state index is 11.6. The summed E-state index contributed by atoms with van der Waals surface area (Å²) in [6.07, 6.45) is 0.141. The van der Waals surface area contributed by atoms with Crippen molar-refractivity contribution in [2.75, 3.05) is 20.3 Å². The van der Waals surface area contributed by atoms with Crippen molar-refractivity contribution in [3.63, 3.8) is 0 Å². The molecule has 0 spiro atoms. The van der Waals surface area contributed by atoms with Crippen molar-refractivity contribution in [2.24, 2.45) is 0 Å². The second kappa shape index (κ2) is 4.42. The summed E-state index contributed by atoms with van der Waals surface area (Å²) in [6.45, 7) is 3.13. The molecule has 2 heterocycles. The van der Waals surface area contributed by atoms with Crippen molar-refractivity contribution in [2.45, 2.75) is 25.9 Å². The fourth-order valence-corrected chi connectivity index (χ4v) is 2.89. The van der Waals surface area contributed by atoms with Gasteiger partial charge in [0.1, 0.15) is 11.5 Å². The van der Waals surface area contributed by atoms with E-state index < -0.39 is 12.1 Å². The molecule has 5 nitrogen and oxygen atoms in total. The topological polar surface area (TPSA) is 65.0 Å². The van der Waals surface area contributed by atoms with Gasteiger partial charge in [0.2, 0.25) is 0 Å².